The molecule has 0 bridgehead atoms. The third-order valence-corrected chi connectivity index (χ3v) is 2.59. The van der Waals surface area contributed by atoms with E-state index in [0.29, 0.717) is 6.42 Å². The number of carbonyl (C=O) groups is 1. The molecule has 13 heavy (non-hydrogen) atoms. The van der Waals surface area contributed by atoms with Crippen LogP contribution in [0.1, 0.15) is 12.5 Å². The van der Waals surface area contributed by atoms with Crippen LogP contribution >= 0.6 is 0 Å². The van der Waals surface area contributed by atoms with Crippen LogP contribution in [0.3, 0.4) is 0 Å². The third kappa shape index (κ3) is 3.89. The molecular formula is C10H14O2Si. The zero-order valence-electron chi connectivity index (χ0n) is 7.82. The Bertz CT molecular complexity index is 259. The molecule has 70 valence electrons. The Labute approximate surface area is 80.9 Å². The molecule has 1 aromatic rings. The van der Waals surface area contributed by atoms with E-state index in [1.807, 2.05) is 37.3 Å². The van der Waals surface area contributed by atoms with Crippen molar-refractivity contribution in [2.75, 3.05) is 0 Å². The monoisotopic (exact) mass is 194 g/mol. The molecule has 0 amide bonds. The molecule has 0 atom stereocenters. The van der Waals surface area contributed by atoms with Crippen LogP contribution in [0.2, 0.25) is 6.04 Å². The molecule has 2 nitrogen and oxygen atoms in total. The molecule has 1 rings (SSSR count). The fourth-order valence-electron chi connectivity index (χ4n) is 1.03. The highest BCUT2D eigenvalue weighted by atomic mass is 28.2. The van der Waals surface area contributed by atoms with Crippen LogP contribution in [0, 0.1) is 0 Å². The van der Waals surface area contributed by atoms with Gasteiger partial charge in [-0.3, -0.25) is 4.79 Å². The van der Waals surface area contributed by atoms with Crippen molar-refractivity contribution in [3.63, 3.8) is 0 Å². The van der Waals surface area contributed by atoms with Gasteiger partial charge in [0, 0.05) is 0 Å². The minimum Gasteiger partial charge on any atom is -0.525 e. The Kier molecular flexibility index (Phi) is 4.25. The van der Waals surface area contributed by atoms with Crippen molar-refractivity contribution in [3.05, 3.63) is 35.9 Å². The van der Waals surface area contributed by atoms with E-state index in [-0.39, 0.29) is 5.97 Å². The molecule has 0 spiro atoms. The molecule has 0 saturated heterocycles. The molecule has 0 saturated carbocycles. The lowest BCUT2D eigenvalue weighted by Crippen LogP contribution is -2.10. The maximum Gasteiger partial charge on any atom is 0.296 e. The third-order valence-electron chi connectivity index (χ3n) is 1.66. The smallest absolute Gasteiger partial charge is 0.296 e. The maximum atomic E-state index is 11.2. The van der Waals surface area contributed by atoms with Gasteiger partial charge in [-0.15, -0.1) is 0 Å². The highest BCUT2D eigenvalue weighted by Crippen LogP contribution is 2.00. The number of rotatable bonds is 4. The van der Waals surface area contributed by atoms with Gasteiger partial charge in [-0.05, 0) is 11.6 Å². The molecule has 1 aromatic carbocycles. The predicted molar refractivity (Wildman–Crippen MR) is 55.3 cm³/mol. The van der Waals surface area contributed by atoms with Gasteiger partial charge in [0.2, 0.25) is 9.76 Å². The summed E-state index contributed by atoms with van der Waals surface area (Å²) in [6.07, 6.45) is 0.411. The highest BCUT2D eigenvalue weighted by molar-refractivity contribution is 6.30. The Morgan fingerprint density at radius 3 is 2.69 bits per heavy atom. The number of benzene rings is 1. The molecule has 3 heteroatoms. The Morgan fingerprint density at radius 1 is 1.38 bits per heavy atom. The van der Waals surface area contributed by atoms with E-state index in [1.165, 1.54) is 0 Å². The second kappa shape index (κ2) is 5.53. The standard InChI is InChI=1S/C10H14O2Si/c1-2-13-12-10(11)8-9-6-4-3-5-7-9/h3-7H,2,8,13H2,1H3. The Balaban J connectivity index is 2.37. The van der Waals surface area contributed by atoms with Crippen LogP contribution in [-0.2, 0) is 15.6 Å². The summed E-state index contributed by atoms with van der Waals surface area (Å²) in [7, 11) is -0.591. The van der Waals surface area contributed by atoms with Crippen molar-refractivity contribution in [1.29, 1.82) is 0 Å². The summed E-state index contributed by atoms with van der Waals surface area (Å²) in [5.74, 6) is -0.0836. The van der Waals surface area contributed by atoms with Gasteiger partial charge in [0.1, 0.15) is 0 Å². The van der Waals surface area contributed by atoms with Crippen molar-refractivity contribution >= 4 is 15.7 Å². The number of hydrogen-bond acceptors (Lipinski definition) is 2. The minimum absolute atomic E-state index is 0.0836. The van der Waals surface area contributed by atoms with Gasteiger partial charge < -0.3 is 4.43 Å². The Morgan fingerprint density at radius 2 is 2.08 bits per heavy atom. The molecule has 0 N–H and O–H groups in total. The lowest BCUT2D eigenvalue weighted by molar-refractivity contribution is -0.133. The van der Waals surface area contributed by atoms with Crippen LogP contribution in [0.4, 0.5) is 0 Å². The van der Waals surface area contributed by atoms with Gasteiger partial charge in [-0.2, -0.15) is 0 Å². The average Bonchev–Trinajstić information content (AvgIpc) is 2.16. The van der Waals surface area contributed by atoms with Crippen LogP contribution in [-0.4, -0.2) is 15.7 Å². The van der Waals surface area contributed by atoms with Gasteiger partial charge >= 0.3 is 0 Å². The van der Waals surface area contributed by atoms with Gasteiger partial charge in [0.05, 0.1) is 6.42 Å². The van der Waals surface area contributed by atoms with Crippen molar-refractivity contribution in [2.24, 2.45) is 0 Å². The molecule has 0 aliphatic rings. The summed E-state index contributed by atoms with van der Waals surface area (Å²) in [4.78, 5) is 11.2. The zero-order chi connectivity index (χ0) is 9.52. The second-order valence-electron chi connectivity index (χ2n) is 2.88. The molecule has 0 radical (unpaired) electrons. The normalized spacial score (nSPS) is 10.5. The summed E-state index contributed by atoms with van der Waals surface area (Å²) in [6.45, 7) is 2.04. The highest BCUT2D eigenvalue weighted by Gasteiger charge is 2.02. The minimum atomic E-state index is -0.591. The molecular weight excluding hydrogens is 180 g/mol. The Hall–Kier alpha value is -1.09. The average molecular weight is 194 g/mol. The predicted octanol–water partition coefficient (Wildman–Crippen LogP) is 1.29. The molecule has 0 heterocycles. The summed E-state index contributed by atoms with van der Waals surface area (Å²) in [5, 5.41) is 0. The van der Waals surface area contributed by atoms with Crippen molar-refractivity contribution in [1.82, 2.24) is 0 Å². The molecule has 0 aliphatic carbocycles. The number of hydrogen-bond donors (Lipinski definition) is 0. The fraction of sp³-hybridized carbons (Fsp3) is 0.300. The van der Waals surface area contributed by atoms with E-state index in [2.05, 4.69) is 0 Å². The maximum absolute atomic E-state index is 11.2. The van der Waals surface area contributed by atoms with Crippen LogP contribution in [0.5, 0.6) is 0 Å². The van der Waals surface area contributed by atoms with E-state index in [4.69, 9.17) is 4.43 Å². The van der Waals surface area contributed by atoms with Gasteiger partial charge in [-0.1, -0.05) is 37.3 Å². The summed E-state index contributed by atoms with van der Waals surface area (Å²) in [6, 6.07) is 10.7. The first-order valence-corrected chi connectivity index (χ1v) is 6.10. The van der Waals surface area contributed by atoms with E-state index in [0.717, 1.165) is 11.6 Å². The molecule has 0 aromatic heterocycles. The van der Waals surface area contributed by atoms with Crippen molar-refractivity contribution < 1.29 is 9.22 Å². The lowest BCUT2D eigenvalue weighted by Gasteiger charge is -2.02. The topological polar surface area (TPSA) is 26.3 Å². The first-order valence-electron chi connectivity index (χ1n) is 4.52. The largest absolute Gasteiger partial charge is 0.525 e. The van der Waals surface area contributed by atoms with Gasteiger partial charge in [0.15, 0.2) is 0 Å². The molecule has 0 aliphatic heterocycles. The number of carbonyl (C=O) groups excluding carboxylic acids is 1. The van der Waals surface area contributed by atoms with Crippen molar-refractivity contribution in [2.45, 2.75) is 19.4 Å². The first-order chi connectivity index (χ1) is 6.33. The van der Waals surface area contributed by atoms with Crippen LogP contribution in [0.25, 0.3) is 0 Å². The zero-order valence-corrected chi connectivity index (χ0v) is 9.24. The quantitative estimate of drug-likeness (QED) is 0.675. The SMILES string of the molecule is CC[SiH2]OC(=O)Cc1ccccc1. The van der Waals surface area contributed by atoms with E-state index in [9.17, 15) is 4.79 Å². The van der Waals surface area contributed by atoms with Gasteiger partial charge in [-0.25, -0.2) is 0 Å². The summed E-state index contributed by atoms with van der Waals surface area (Å²) < 4.78 is 5.10. The molecule has 0 fully saturated rings. The lowest BCUT2D eigenvalue weighted by atomic mass is 10.2. The summed E-state index contributed by atoms with van der Waals surface area (Å²) in [5.41, 5.74) is 1.03. The van der Waals surface area contributed by atoms with Gasteiger partial charge in [0.25, 0.3) is 5.97 Å². The second-order valence-corrected chi connectivity index (χ2v) is 4.58. The van der Waals surface area contributed by atoms with Crippen molar-refractivity contribution in [3.8, 4) is 0 Å². The fourth-order valence-corrected chi connectivity index (χ4v) is 1.56. The van der Waals surface area contributed by atoms with Crippen LogP contribution in [0.15, 0.2) is 30.3 Å². The van der Waals surface area contributed by atoms with E-state index in [1.54, 1.807) is 0 Å². The van der Waals surface area contributed by atoms with Crippen LogP contribution < -0.4 is 0 Å². The molecule has 0 unspecified atom stereocenters. The van der Waals surface area contributed by atoms with E-state index >= 15 is 0 Å². The summed E-state index contributed by atoms with van der Waals surface area (Å²) >= 11 is 0. The first kappa shape index (κ1) is 9.99. The van der Waals surface area contributed by atoms with E-state index < -0.39 is 9.76 Å².